The van der Waals surface area contributed by atoms with Crippen LogP contribution >= 0.6 is 0 Å². The molecule has 4 nitrogen and oxygen atoms in total. The van der Waals surface area contributed by atoms with Gasteiger partial charge in [0.15, 0.2) is 0 Å². The summed E-state index contributed by atoms with van der Waals surface area (Å²) in [6, 6.07) is 0.757. The molecule has 3 atom stereocenters. The number of hydrogen-bond acceptors (Lipinski definition) is 4. The minimum absolute atomic E-state index is 0.0813. The zero-order valence-corrected chi connectivity index (χ0v) is 12.5. The first-order valence-corrected chi connectivity index (χ1v) is 7.22. The molecule has 0 saturated carbocycles. The van der Waals surface area contributed by atoms with Crippen molar-refractivity contribution in [1.82, 2.24) is 9.80 Å². The highest BCUT2D eigenvalue weighted by atomic mass is 16.3. The quantitative estimate of drug-likeness (QED) is 0.706. The Morgan fingerprint density at radius 3 is 2.56 bits per heavy atom. The van der Waals surface area contributed by atoms with Gasteiger partial charge in [-0.2, -0.15) is 0 Å². The van der Waals surface area contributed by atoms with Gasteiger partial charge in [0.2, 0.25) is 0 Å². The van der Waals surface area contributed by atoms with E-state index >= 15 is 0 Å². The second-order valence-electron chi connectivity index (χ2n) is 6.34. The Hall–Kier alpha value is -0.160. The smallest absolute Gasteiger partial charge is 0.0602 e. The van der Waals surface area contributed by atoms with Crippen molar-refractivity contribution in [3.63, 3.8) is 0 Å². The van der Waals surface area contributed by atoms with Crippen LogP contribution in [0.5, 0.6) is 0 Å². The molecule has 108 valence electrons. The van der Waals surface area contributed by atoms with Gasteiger partial charge in [0.1, 0.15) is 0 Å². The Labute approximate surface area is 112 Å². The van der Waals surface area contributed by atoms with Crippen molar-refractivity contribution in [3.8, 4) is 0 Å². The van der Waals surface area contributed by atoms with Gasteiger partial charge in [0.05, 0.1) is 6.61 Å². The van der Waals surface area contributed by atoms with E-state index in [0.29, 0.717) is 12.0 Å². The molecule has 3 unspecified atom stereocenters. The zero-order valence-electron chi connectivity index (χ0n) is 12.5. The number of hydrogen-bond donors (Lipinski definition) is 2. The Bertz CT molecular complexity index is 233. The van der Waals surface area contributed by atoms with E-state index < -0.39 is 0 Å². The molecule has 0 aromatic heterocycles. The van der Waals surface area contributed by atoms with Crippen molar-refractivity contribution in [1.29, 1.82) is 0 Å². The van der Waals surface area contributed by atoms with E-state index in [4.69, 9.17) is 5.73 Å². The lowest BCUT2D eigenvalue weighted by molar-refractivity contribution is 0.0779. The minimum atomic E-state index is 0.0813. The predicted octanol–water partition coefficient (Wildman–Crippen LogP) is 0.747. The van der Waals surface area contributed by atoms with Crippen LogP contribution in [0.25, 0.3) is 0 Å². The first-order valence-electron chi connectivity index (χ1n) is 7.22. The third-order valence-corrected chi connectivity index (χ3v) is 3.85. The van der Waals surface area contributed by atoms with Crippen LogP contribution in [0.15, 0.2) is 0 Å². The van der Waals surface area contributed by atoms with E-state index in [1.54, 1.807) is 0 Å². The average molecular weight is 257 g/mol. The molecule has 1 rings (SSSR count). The highest BCUT2D eigenvalue weighted by Crippen LogP contribution is 2.23. The van der Waals surface area contributed by atoms with E-state index in [1.807, 2.05) is 0 Å². The number of aliphatic hydroxyl groups excluding tert-OH is 1. The molecular weight excluding hydrogens is 226 g/mol. The lowest BCUT2D eigenvalue weighted by Crippen LogP contribution is -2.54. The molecule has 0 radical (unpaired) electrons. The molecule has 0 aromatic carbocycles. The molecule has 0 aliphatic carbocycles. The summed E-state index contributed by atoms with van der Waals surface area (Å²) in [5.41, 5.74) is 6.29. The van der Waals surface area contributed by atoms with Gasteiger partial charge >= 0.3 is 0 Å². The van der Waals surface area contributed by atoms with E-state index in [-0.39, 0.29) is 18.7 Å². The van der Waals surface area contributed by atoms with Crippen LogP contribution in [0.4, 0.5) is 0 Å². The van der Waals surface area contributed by atoms with Crippen LogP contribution < -0.4 is 5.73 Å². The SMILES string of the molecule is CC(C)CC(N)C(CO)N1CCCC1CN(C)C. The molecule has 1 aliphatic heterocycles. The summed E-state index contributed by atoms with van der Waals surface area (Å²) in [4.78, 5) is 4.67. The first kappa shape index (κ1) is 15.9. The van der Waals surface area contributed by atoms with Crippen LogP contribution in [0.1, 0.15) is 33.1 Å². The summed E-state index contributed by atoms with van der Waals surface area (Å²) in [5, 5.41) is 9.69. The van der Waals surface area contributed by atoms with Crippen LogP contribution in [-0.2, 0) is 0 Å². The Kier molecular flexibility index (Phi) is 6.57. The lowest BCUT2D eigenvalue weighted by atomic mass is 9.97. The van der Waals surface area contributed by atoms with E-state index in [1.165, 1.54) is 12.8 Å². The maximum atomic E-state index is 9.69. The standard InChI is InChI=1S/C14H31N3O/c1-11(2)8-13(15)14(10-18)17-7-5-6-12(17)9-16(3)4/h11-14,18H,5-10,15H2,1-4H3. The normalized spacial score (nSPS) is 25.0. The monoisotopic (exact) mass is 257 g/mol. The number of aliphatic hydroxyl groups is 1. The Morgan fingerprint density at radius 2 is 2.06 bits per heavy atom. The van der Waals surface area contributed by atoms with Gasteiger partial charge in [0, 0.05) is 24.7 Å². The van der Waals surface area contributed by atoms with Gasteiger partial charge in [-0.05, 0) is 45.8 Å². The fraction of sp³-hybridized carbons (Fsp3) is 1.00. The first-order chi connectivity index (χ1) is 8.45. The van der Waals surface area contributed by atoms with Gasteiger partial charge in [-0.3, -0.25) is 4.90 Å². The second-order valence-corrected chi connectivity index (χ2v) is 6.34. The molecule has 1 fully saturated rings. The Balaban J connectivity index is 2.62. The van der Waals surface area contributed by atoms with Crippen molar-refractivity contribution >= 4 is 0 Å². The van der Waals surface area contributed by atoms with Gasteiger partial charge in [-0.15, -0.1) is 0 Å². The summed E-state index contributed by atoms with van der Waals surface area (Å²) in [6.45, 7) is 6.70. The zero-order chi connectivity index (χ0) is 13.7. The third-order valence-electron chi connectivity index (χ3n) is 3.85. The predicted molar refractivity (Wildman–Crippen MR) is 76.6 cm³/mol. The molecule has 1 heterocycles. The number of rotatable bonds is 7. The minimum Gasteiger partial charge on any atom is -0.395 e. The fourth-order valence-corrected chi connectivity index (χ4v) is 3.10. The molecule has 18 heavy (non-hydrogen) atoms. The molecule has 4 heteroatoms. The molecule has 0 spiro atoms. The summed E-state index contributed by atoms with van der Waals surface area (Å²) in [6.07, 6.45) is 3.43. The second kappa shape index (κ2) is 7.43. The summed E-state index contributed by atoms with van der Waals surface area (Å²) in [5.74, 6) is 0.587. The highest BCUT2D eigenvalue weighted by molar-refractivity contribution is 4.91. The van der Waals surface area contributed by atoms with E-state index in [9.17, 15) is 5.11 Å². The van der Waals surface area contributed by atoms with Crippen LogP contribution in [0.2, 0.25) is 0 Å². The summed E-state index contributed by atoms with van der Waals surface area (Å²) >= 11 is 0. The molecule has 0 amide bonds. The van der Waals surface area contributed by atoms with Gasteiger partial charge in [-0.1, -0.05) is 13.8 Å². The van der Waals surface area contributed by atoms with Crippen molar-refractivity contribution < 1.29 is 5.11 Å². The van der Waals surface area contributed by atoms with Crippen LogP contribution in [-0.4, -0.2) is 66.8 Å². The number of likely N-dealkylation sites (tertiary alicyclic amines) is 1. The van der Waals surface area contributed by atoms with Crippen LogP contribution in [0.3, 0.4) is 0 Å². The van der Waals surface area contributed by atoms with Gasteiger partial charge < -0.3 is 15.7 Å². The third kappa shape index (κ3) is 4.50. The van der Waals surface area contributed by atoms with E-state index in [2.05, 4.69) is 37.7 Å². The van der Waals surface area contributed by atoms with Gasteiger partial charge in [0.25, 0.3) is 0 Å². The van der Waals surface area contributed by atoms with Crippen molar-refractivity contribution in [2.75, 3.05) is 33.8 Å². The molecule has 0 bridgehead atoms. The topological polar surface area (TPSA) is 52.7 Å². The molecular formula is C14H31N3O. The number of nitrogens with two attached hydrogens (primary N) is 1. The largest absolute Gasteiger partial charge is 0.395 e. The highest BCUT2D eigenvalue weighted by Gasteiger charge is 2.33. The van der Waals surface area contributed by atoms with Crippen molar-refractivity contribution in [2.24, 2.45) is 11.7 Å². The molecule has 3 N–H and O–H groups in total. The van der Waals surface area contributed by atoms with Crippen molar-refractivity contribution in [3.05, 3.63) is 0 Å². The van der Waals surface area contributed by atoms with Crippen LogP contribution in [0, 0.1) is 5.92 Å². The van der Waals surface area contributed by atoms with Gasteiger partial charge in [-0.25, -0.2) is 0 Å². The lowest BCUT2D eigenvalue weighted by Gasteiger charge is -2.37. The number of nitrogens with zero attached hydrogens (tertiary/aromatic N) is 2. The molecule has 1 saturated heterocycles. The van der Waals surface area contributed by atoms with E-state index in [0.717, 1.165) is 19.5 Å². The fourth-order valence-electron chi connectivity index (χ4n) is 3.10. The summed E-state index contributed by atoms with van der Waals surface area (Å²) in [7, 11) is 4.22. The molecule has 1 aliphatic rings. The maximum Gasteiger partial charge on any atom is 0.0602 e. The molecule has 0 aromatic rings. The summed E-state index contributed by atoms with van der Waals surface area (Å²) < 4.78 is 0. The van der Waals surface area contributed by atoms with Crippen molar-refractivity contribution in [2.45, 2.75) is 51.2 Å². The maximum absolute atomic E-state index is 9.69. The average Bonchev–Trinajstić information content (AvgIpc) is 2.65. The number of likely N-dealkylation sites (N-methyl/N-ethyl adjacent to an activating group) is 1. The Morgan fingerprint density at radius 1 is 1.39 bits per heavy atom.